The summed E-state index contributed by atoms with van der Waals surface area (Å²) in [4.78, 5) is 41.0. The van der Waals surface area contributed by atoms with E-state index in [-0.39, 0.29) is 17.2 Å². The van der Waals surface area contributed by atoms with Crippen LogP contribution < -0.4 is 10.6 Å². The van der Waals surface area contributed by atoms with Crippen molar-refractivity contribution in [2.45, 2.75) is 65.6 Å². The van der Waals surface area contributed by atoms with Crippen molar-refractivity contribution in [1.29, 1.82) is 0 Å². The number of phenolic OH excluding ortho intramolecular Hbond substituents is 1. The molecule has 36 heavy (non-hydrogen) atoms. The number of hydrogen-bond acceptors (Lipinski definition) is 5. The van der Waals surface area contributed by atoms with E-state index in [2.05, 4.69) is 10.6 Å². The molecule has 2 atom stereocenters. The molecule has 2 aromatic carbocycles. The zero-order valence-electron chi connectivity index (χ0n) is 21.9. The lowest BCUT2D eigenvalue weighted by molar-refractivity contribution is -0.139. The Balaban J connectivity index is 2.44. The summed E-state index contributed by atoms with van der Waals surface area (Å²) < 4.78 is 5.34. The molecule has 0 aliphatic carbocycles. The highest BCUT2D eigenvalue weighted by atomic mass is 35.5. The number of amides is 3. The molecule has 0 aliphatic rings. The zero-order chi connectivity index (χ0) is 27.2. The first-order chi connectivity index (χ1) is 16.7. The number of carbonyl (C=O) groups is 3. The summed E-state index contributed by atoms with van der Waals surface area (Å²) in [6.45, 7) is 10.8. The molecule has 0 saturated carbocycles. The molecule has 2 aromatic rings. The van der Waals surface area contributed by atoms with Crippen molar-refractivity contribution in [2.75, 3.05) is 12.4 Å². The number of aromatic hydroxyl groups is 1. The predicted molar refractivity (Wildman–Crippen MR) is 141 cm³/mol. The van der Waals surface area contributed by atoms with Gasteiger partial charge in [-0.05, 0) is 57.7 Å². The van der Waals surface area contributed by atoms with Crippen LogP contribution in [0.15, 0.2) is 42.5 Å². The number of anilines is 1. The molecule has 9 heteroatoms. The van der Waals surface area contributed by atoms with Crippen molar-refractivity contribution in [3.05, 3.63) is 58.6 Å². The number of benzene rings is 2. The minimum atomic E-state index is -1.20. The number of para-hydroxylation sites is 2. The first kappa shape index (κ1) is 29.0. The van der Waals surface area contributed by atoms with Gasteiger partial charge in [0.05, 0.1) is 10.7 Å². The number of likely N-dealkylation sites (N-methyl/N-ethyl adjacent to an activating group) is 1. The van der Waals surface area contributed by atoms with Gasteiger partial charge in [-0.2, -0.15) is 0 Å². The number of aryl methyl sites for hydroxylation is 1. The number of phenols is 1. The van der Waals surface area contributed by atoms with Crippen LogP contribution in [-0.2, 0) is 14.3 Å². The van der Waals surface area contributed by atoms with E-state index >= 15 is 0 Å². The van der Waals surface area contributed by atoms with Crippen molar-refractivity contribution in [3.8, 4) is 5.75 Å². The molecule has 0 spiro atoms. The van der Waals surface area contributed by atoms with Gasteiger partial charge in [-0.1, -0.05) is 55.8 Å². The molecule has 0 radical (unpaired) electrons. The third-order valence-corrected chi connectivity index (χ3v) is 5.70. The maximum atomic E-state index is 13.7. The minimum Gasteiger partial charge on any atom is -0.508 e. The van der Waals surface area contributed by atoms with Gasteiger partial charge in [-0.15, -0.1) is 0 Å². The average molecular weight is 518 g/mol. The van der Waals surface area contributed by atoms with Crippen molar-refractivity contribution < 1.29 is 24.2 Å². The Labute approximate surface area is 218 Å². The van der Waals surface area contributed by atoms with E-state index in [0.717, 1.165) is 5.56 Å². The molecule has 0 heterocycles. The van der Waals surface area contributed by atoms with Crippen LogP contribution in [0.4, 0.5) is 10.5 Å². The maximum Gasteiger partial charge on any atom is 0.408 e. The fraction of sp³-hybridized carbons (Fsp3) is 0.444. The fourth-order valence-corrected chi connectivity index (χ4v) is 4.01. The van der Waals surface area contributed by atoms with E-state index in [1.165, 1.54) is 18.0 Å². The van der Waals surface area contributed by atoms with E-state index in [4.69, 9.17) is 16.3 Å². The summed E-state index contributed by atoms with van der Waals surface area (Å²) in [7, 11) is 1.46. The first-order valence-electron chi connectivity index (χ1n) is 11.8. The summed E-state index contributed by atoms with van der Waals surface area (Å²) in [5.41, 5.74) is 0.643. The lowest BCUT2D eigenvalue weighted by atomic mass is 9.99. The Morgan fingerprint density at radius 1 is 1.08 bits per heavy atom. The van der Waals surface area contributed by atoms with Crippen LogP contribution >= 0.6 is 11.6 Å². The molecule has 2 unspecified atom stereocenters. The van der Waals surface area contributed by atoms with Gasteiger partial charge >= 0.3 is 6.09 Å². The number of ether oxygens (including phenoxy) is 1. The van der Waals surface area contributed by atoms with Gasteiger partial charge < -0.3 is 25.4 Å². The molecule has 0 saturated heterocycles. The number of hydrogen-bond donors (Lipinski definition) is 3. The van der Waals surface area contributed by atoms with E-state index in [1.807, 2.05) is 13.8 Å². The fourth-order valence-electron chi connectivity index (χ4n) is 3.74. The summed E-state index contributed by atoms with van der Waals surface area (Å²) in [6.07, 6.45) is -0.411. The quantitative estimate of drug-likeness (QED) is 0.432. The first-order valence-corrected chi connectivity index (χ1v) is 12.2. The standard InChI is InChI=1S/C27H36ClN3O5/c1-16(2)15-20(29-26(35)36-27(4,5)6)25(34)31(7)23(18-12-8-9-14-21(18)32)24(33)30-22-17(3)11-10-13-19(22)28/h8-14,16,20,23,32H,15H2,1-7H3,(H,29,35)(H,30,33). The van der Waals surface area contributed by atoms with Crippen molar-refractivity contribution in [1.82, 2.24) is 10.2 Å². The molecule has 0 fully saturated rings. The summed E-state index contributed by atoms with van der Waals surface area (Å²) >= 11 is 6.31. The van der Waals surface area contributed by atoms with E-state index in [0.29, 0.717) is 17.1 Å². The average Bonchev–Trinajstić information content (AvgIpc) is 2.75. The van der Waals surface area contributed by atoms with E-state index in [1.54, 1.807) is 64.1 Å². The predicted octanol–water partition coefficient (Wildman–Crippen LogP) is 5.43. The summed E-state index contributed by atoms with van der Waals surface area (Å²) in [5.74, 6) is -1.16. The molecular weight excluding hydrogens is 482 g/mol. The van der Waals surface area contributed by atoms with Gasteiger partial charge in [0.1, 0.15) is 23.4 Å². The number of alkyl carbamates (subject to hydrolysis) is 1. The second-order valence-corrected chi connectivity index (χ2v) is 10.6. The number of nitrogens with one attached hydrogen (secondary N) is 2. The second-order valence-electron chi connectivity index (χ2n) is 10.2. The van der Waals surface area contributed by atoms with Crippen LogP contribution in [0.3, 0.4) is 0 Å². The lowest BCUT2D eigenvalue weighted by Crippen LogP contribution is -2.51. The Morgan fingerprint density at radius 3 is 2.28 bits per heavy atom. The van der Waals surface area contributed by atoms with Crippen LogP contribution in [0.25, 0.3) is 0 Å². The highest BCUT2D eigenvalue weighted by molar-refractivity contribution is 6.34. The topological polar surface area (TPSA) is 108 Å². The Kier molecular flexibility index (Phi) is 9.76. The smallest absolute Gasteiger partial charge is 0.408 e. The molecule has 3 N–H and O–H groups in total. The lowest BCUT2D eigenvalue weighted by Gasteiger charge is -2.32. The molecule has 0 bridgehead atoms. The van der Waals surface area contributed by atoms with Crippen LogP contribution in [0.2, 0.25) is 5.02 Å². The van der Waals surface area contributed by atoms with E-state index < -0.39 is 35.6 Å². The molecule has 0 aliphatic heterocycles. The molecule has 196 valence electrons. The van der Waals surface area contributed by atoms with E-state index in [9.17, 15) is 19.5 Å². The second kappa shape index (κ2) is 12.1. The third kappa shape index (κ3) is 7.88. The number of carbonyl (C=O) groups excluding carboxylic acids is 3. The Morgan fingerprint density at radius 2 is 1.72 bits per heavy atom. The molecule has 2 rings (SSSR count). The van der Waals surface area contributed by atoms with Gasteiger partial charge in [0.25, 0.3) is 5.91 Å². The van der Waals surface area contributed by atoms with Gasteiger partial charge in [0, 0.05) is 12.6 Å². The monoisotopic (exact) mass is 517 g/mol. The molecule has 0 aromatic heterocycles. The maximum absolute atomic E-state index is 13.7. The van der Waals surface area contributed by atoms with Crippen molar-refractivity contribution in [3.63, 3.8) is 0 Å². The summed E-state index contributed by atoms with van der Waals surface area (Å²) in [6, 6.07) is 9.37. The SMILES string of the molecule is Cc1cccc(Cl)c1NC(=O)C(c1ccccc1O)N(C)C(=O)C(CC(C)C)NC(=O)OC(C)(C)C. The van der Waals surface area contributed by atoms with Crippen molar-refractivity contribution >= 4 is 35.2 Å². The molecule has 3 amide bonds. The number of rotatable bonds is 8. The Bertz CT molecular complexity index is 1080. The highest BCUT2D eigenvalue weighted by Crippen LogP contribution is 2.32. The highest BCUT2D eigenvalue weighted by Gasteiger charge is 2.36. The number of nitrogens with zero attached hydrogens (tertiary/aromatic N) is 1. The van der Waals surface area contributed by atoms with Gasteiger partial charge in [0.2, 0.25) is 5.91 Å². The van der Waals surface area contributed by atoms with Crippen LogP contribution in [0.1, 0.15) is 58.2 Å². The van der Waals surface area contributed by atoms with Gasteiger partial charge in [-0.3, -0.25) is 9.59 Å². The van der Waals surface area contributed by atoms with Crippen LogP contribution in [0, 0.1) is 12.8 Å². The molecular formula is C27H36ClN3O5. The van der Waals surface area contributed by atoms with Gasteiger partial charge in [-0.25, -0.2) is 4.79 Å². The molecule has 8 nitrogen and oxygen atoms in total. The third-order valence-electron chi connectivity index (χ3n) is 5.38. The van der Waals surface area contributed by atoms with Crippen molar-refractivity contribution in [2.24, 2.45) is 5.92 Å². The minimum absolute atomic E-state index is 0.0606. The normalized spacial score (nSPS) is 13.0. The van der Waals surface area contributed by atoms with Crippen LogP contribution in [-0.4, -0.2) is 46.6 Å². The Hall–Kier alpha value is -3.26. The van der Waals surface area contributed by atoms with Crippen LogP contribution in [0.5, 0.6) is 5.75 Å². The zero-order valence-corrected chi connectivity index (χ0v) is 22.6. The largest absolute Gasteiger partial charge is 0.508 e. The van der Waals surface area contributed by atoms with Gasteiger partial charge in [0.15, 0.2) is 0 Å². The summed E-state index contributed by atoms with van der Waals surface area (Å²) in [5, 5.41) is 16.4. The number of halogens is 1.